The van der Waals surface area contributed by atoms with Crippen molar-refractivity contribution in [3.8, 4) is 17.0 Å². The topological polar surface area (TPSA) is 71.2 Å². The van der Waals surface area contributed by atoms with Crippen molar-refractivity contribution < 1.29 is 18.7 Å². The van der Waals surface area contributed by atoms with E-state index in [-0.39, 0.29) is 24.8 Å². The zero-order valence-electron chi connectivity index (χ0n) is 16.9. The Morgan fingerprint density at radius 2 is 1.93 bits per heavy atom. The van der Waals surface area contributed by atoms with Gasteiger partial charge in [-0.2, -0.15) is 10.2 Å². The van der Waals surface area contributed by atoms with Gasteiger partial charge in [-0.15, -0.1) is 0 Å². The van der Waals surface area contributed by atoms with Crippen molar-refractivity contribution >= 4 is 16.9 Å². The zero-order chi connectivity index (χ0) is 21.3. The number of esters is 1. The van der Waals surface area contributed by atoms with Gasteiger partial charge in [-0.05, 0) is 35.9 Å². The van der Waals surface area contributed by atoms with E-state index >= 15 is 0 Å². The van der Waals surface area contributed by atoms with Crippen LogP contribution in [0.25, 0.3) is 22.2 Å². The maximum absolute atomic E-state index is 13.4. The number of aryl methyl sites for hydroxylation is 2. The average molecular weight is 408 g/mol. The zero-order valence-corrected chi connectivity index (χ0v) is 16.9. The molecule has 0 spiro atoms. The van der Waals surface area contributed by atoms with E-state index in [9.17, 15) is 9.18 Å². The third-order valence-electron chi connectivity index (χ3n) is 4.82. The molecule has 0 aliphatic carbocycles. The van der Waals surface area contributed by atoms with Crippen LogP contribution in [-0.2, 0) is 36.7 Å². The number of aromatic nitrogens is 4. The molecule has 0 N–H and O–H groups in total. The second-order valence-corrected chi connectivity index (χ2v) is 7.02. The molecule has 0 bridgehead atoms. The first-order chi connectivity index (χ1) is 14.4. The second-order valence-electron chi connectivity index (χ2n) is 7.02. The van der Waals surface area contributed by atoms with Crippen molar-refractivity contribution in [2.75, 3.05) is 7.11 Å². The van der Waals surface area contributed by atoms with Gasteiger partial charge in [-0.1, -0.05) is 6.07 Å². The van der Waals surface area contributed by atoms with Crippen molar-refractivity contribution in [3.63, 3.8) is 0 Å². The molecule has 0 atom stereocenters. The van der Waals surface area contributed by atoms with Gasteiger partial charge < -0.3 is 9.47 Å². The Morgan fingerprint density at radius 3 is 2.73 bits per heavy atom. The van der Waals surface area contributed by atoms with Crippen LogP contribution in [0.4, 0.5) is 4.39 Å². The van der Waals surface area contributed by atoms with Crippen LogP contribution in [0.1, 0.15) is 11.3 Å². The monoisotopic (exact) mass is 408 g/mol. The van der Waals surface area contributed by atoms with Gasteiger partial charge in [0, 0.05) is 43.0 Å². The number of hydrogen-bond donors (Lipinski definition) is 0. The number of halogens is 1. The molecule has 4 rings (SSSR count). The molecule has 30 heavy (non-hydrogen) atoms. The molecule has 0 radical (unpaired) electrons. The van der Waals surface area contributed by atoms with Gasteiger partial charge in [0.2, 0.25) is 0 Å². The number of carbonyl (C=O) groups excluding carboxylic acids is 1. The van der Waals surface area contributed by atoms with E-state index in [4.69, 9.17) is 9.47 Å². The predicted molar refractivity (Wildman–Crippen MR) is 109 cm³/mol. The van der Waals surface area contributed by atoms with Gasteiger partial charge in [-0.25, -0.2) is 4.39 Å². The lowest BCUT2D eigenvalue weighted by Crippen LogP contribution is -2.11. The third-order valence-corrected chi connectivity index (χ3v) is 4.82. The first kappa shape index (κ1) is 19.6. The molecular weight excluding hydrogens is 387 g/mol. The van der Waals surface area contributed by atoms with Gasteiger partial charge in [0.05, 0.1) is 24.7 Å². The number of fused-ring (bicyclic) bond motifs is 1. The van der Waals surface area contributed by atoms with E-state index in [1.54, 1.807) is 28.5 Å². The lowest BCUT2D eigenvalue weighted by atomic mass is 10.1. The summed E-state index contributed by atoms with van der Waals surface area (Å²) in [5.41, 5.74) is 3.72. The van der Waals surface area contributed by atoms with Crippen LogP contribution in [0.3, 0.4) is 0 Å². The van der Waals surface area contributed by atoms with E-state index in [1.807, 2.05) is 31.4 Å². The highest BCUT2D eigenvalue weighted by Crippen LogP contribution is 2.30. The van der Waals surface area contributed by atoms with E-state index in [1.165, 1.54) is 19.2 Å². The third kappa shape index (κ3) is 4.03. The standard InChI is InChI=1S/C22H21FN4O3/c1-26-12-15-8-14(4-7-19(15)24-26)13-30-22(28)11-17-10-20(25-27(17)2)18-6-5-16(23)9-21(18)29-3/h4-10,12H,11,13H2,1-3H3. The lowest BCUT2D eigenvalue weighted by Gasteiger charge is -2.05. The predicted octanol–water partition coefficient (Wildman–Crippen LogP) is 3.41. The fraction of sp³-hybridized carbons (Fsp3) is 0.227. The van der Waals surface area contributed by atoms with E-state index in [0.717, 1.165) is 16.5 Å². The largest absolute Gasteiger partial charge is 0.496 e. The molecule has 154 valence electrons. The van der Waals surface area contributed by atoms with Crippen LogP contribution in [0.15, 0.2) is 48.7 Å². The summed E-state index contributed by atoms with van der Waals surface area (Å²) in [7, 11) is 5.09. The normalized spacial score (nSPS) is 11.1. The van der Waals surface area contributed by atoms with E-state index in [2.05, 4.69) is 10.2 Å². The van der Waals surface area contributed by atoms with Gasteiger partial charge in [0.15, 0.2) is 0 Å². The number of nitrogens with zero attached hydrogens (tertiary/aromatic N) is 4. The fourth-order valence-electron chi connectivity index (χ4n) is 3.33. The Kier molecular flexibility index (Phi) is 5.22. The lowest BCUT2D eigenvalue weighted by molar-refractivity contribution is -0.144. The molecule has 7 nitrogen and oxygen atoms in total. The smallest absolute Gasteiger partial charge is 0.312 e. The summed E-state index contributed by atoms with van der Waals surface area (Å²) >= 11 is 0. The first-order valence-electron chi connectivity index (χ1n) is 9.37. The number of methoxy groups -OCH3 is 1. The fourth-order valence-corrected chi connectivity index (χ4v) is 3.33. The maximum Gasteiger partial charge on any atom is 0.312 e. The molecule has 0 unspecified atom stereocenters. The van der Waals surface area contributed by atoms with Gasteiger partial charge >= 0.3 is 5.97 Å². The maximum atomic E-state index is 13.4. The van der Waals surface area contributed by atoms with Gasteiger partial charge in [0.25, 0.3) is 0 Å². The van der Waals surface area contributed by atoms with Gasteiger partial charge in [0.1, 0.15) is 18.2 Å². The summed E-state index contributed by atoms with van der Waals surface area (Å²) in [6.07, 6.45) is 1.99. The van der Waals surface area contributed by atoms with Crippen LogP contribution < -0.4 is 4.74 Å². The SMILES string of the molecule is COc1cc(F)ccc1-c1cc(CC(=O)OCc2ccc3nn(C)cc3c2)n(C)n1. The summed E-state index contributed by atoms with van der Waals surface area (Å²) in [4.78, 5) is 12.4. The average Bonchev–Trinajstić information content (AvgIpc) is 3.27. The Bertz CT molecular complexity index is 1230. The first-order valence-corrected chi connectivity index (χ1v) is 9.37. The van der Waals surface area contributed by atoms with Gasteiger partial charge in [-0.3, -0.25) is 14.2 Å². The molecule has 0 fully saturated rings. The van der Waals surface area contributed by atoms with Crippen LogP contribution in [0, 0.1) is 5.82 Å². The molecule has 0 aliphatic rings. The highest BCUT2D eigenvalue weighted by molar-refractivity contribution is 5.79. The highest BCUT2D eigenvalue weighted by atomic mass is 19.1. The van der Waals surface area contributed by atoms with Crippen molar-refractivity contribution in [2.24, 2.45) is 14.1 Å². The Balaban J connectivity index is 1.44. The minimum atomic E-state index is -0.389. The molecule has 0 amide bonds. The summed E-state index contributed by atoms with van der Waals surface area (Å²) in [6.45, 7) is 0.181. The molecule has 4 aromatic rings. The summed E-state index contributed by atoms with van der Waals surface area (Å²) < 4.78 is 27.5. The number of rotatable bonds is 6. The number of benzene rings is 2. The van der Waals surface area contributed by atoms with Crippen LogP contribution in [-0.4, -0.2) is 32.6 Å². The van der Waals surface area contributed by atoms with E-state index < -0.39 is 0 Å². The molecule has 2 heterocycles. The molecule has 0 saturated heterocycles. The van der Waals surface area contributed by atoms with Crippen molar-refractivity contribution in [1.82, 2.24) is 19.6 Å². The second kappa shape index (κ2) is 7.98. The van der Waals surface area contributed by atoms with Crippen molar-refractivity contribution in [2.45, 2.75) is 13.0 Å². The quantitative estimate of drug-likeness (QED) is 0.457. The van der Waals surface area contributed by atoms with Crippen molar-refractivity contribution in [3.05, 3.63) is 65.7 Å². The Morgan fingerprint density at radius 1 is 1.10 bits per heavy atom. The van der Waals surface area contributed by atoms with Crippen LogP contribution in [0.2, 0.25) is 0 Å². The summed E-state index contributed by atoms with van der Waals surface area (Å²) in [5.74, 6) is -0.366. The minimum Gasteiger partial charge on any atom is -0.496 e. The molecule has 0 aliphatic heterocycles. The molecule has 2 aromatic heterocycles. The van der Waals surface area contributed by atoms with Crippen LogP contribution in [0.5, 0.6) is 5.75 Å². The number of ether oxygens (including phenoxy) is 2. The molecule has 2 aromatic carbocycles. The highest BCUT2D eigenvalue weighted by Gasteiger charge is 2.15. The number of hydrogen-bond acceptors (Lipinski definition) is 5. The number of carbonyl (C=O) groups is 1. The van der Waals surface area contributed by atoms with Crippen molar-refractivity contribution in [1.29, 1.82) is 0 Å². The summed E-state index contributed by atoms with van der Waals surface area (Å²) in [6, 6.07) is 11.8. The Labute approximate surface area is 172 Å². The molecule has 0 saturated carbocycles. The molecule has 8 heteroatoms. The summed E-state index contributed by atoms with van der Waals surface area (Å²) in [5, 5.41) is 9.75. The van der Waals surface area contributed by atoms with Crippen LogP contribution >= 0.6 is 0 Å². The molecular formula is C22H21FN4O3. The Hall–Kier alpha value is -3.68. The minimum absolute atomic E-state index is 0.0716. The van der Waals surface area contributed by atoms with E-state index in [0.29, 0.717) is 22.7 Å².